The van der Waals surface area contributed by atoms with Crippen molar-refractivity contribution >= 4 is 32.6 Å². The van der Waals surface area contributed by atoms with Crippen LogP contribution < -0.4 is 0 Å². The third-order valence-corrected chi connectivity index (χ3v) is 6.38. The predicted molar refractivity (Wildman–Crippen MR) is 140 cm³/mol. The Kier molecular flexibility index (Phi) is 4.73. The maximum absolute atomic E-state index is 5.32. The molecule has 0 bridgehead atoms. The molecule has 0 saturated heterocycles. The minimum absolute atomic E-state index is 0.611. The molecule has 1 heterocycles. The van der Waals surface area contributed by atoms with E-state index in [4.69, 9.17) is 4.98 Å². The fraction of sp³-hybridized carbons (Fsp3) is 0.129. The molecule has 0 radical (unpaired) electrons. The van der Waals surface area contributed by atoms with Crippen LogP contribution in [0, 0.1) is 5.92 Å². The van der Waals surface area contributed by atoms with Gasteiger partial charge in [-0.3, -0.25) is 4.57 Å². The first kappa shape index (κ1) is 19.8. The second-order valence-electron chi connectivity index (χ2n) is 9.19. The Morgan fingerprint density at radius 1 is 0.667 bits per heavy atom. The Hall–Kier alpha value is -3.91. The van der Waals surface area contributed by atoms with E-state index < -0.39 is 0 Å². The van der Waals surface area contributed by atoms with E-state index in [1.165, 1.54) is 32.6 Å². The van der Waals surface area contributed by atoms with E-state index in [1.54, 1.807) is 0 Å². The molecule has 5 aromatic carbocycles. The first-order chi connectivity index (χ1) is 16.2. The second kappa shape index (κ2) is 7.90. The highest BCUT2D eigenvalue weighted by atomic mass is 15.1. The molecule has 0 aliphatic rings. The summed E-state index contributed by atoms with van der Waals surface area (Å²) in [6, 6.07) is 36.8. The van der Waals surface area contributed by atoms with Gasteiger partial charge in [-0.2, -0.15) is 0 Å². The molecule has 6 rings (SSSR count). The Morgan fingerprint density at radius 3 is 2.03 bits per heavy atom. The molecule has 0 saturated carbocycles. The van der Waals surface area contributed by atoms with Crippen LogP contribution in [0.1, 0.15) is 19.4 Å². The highest BCUT2D eigenvalue weighted by molar-refractivity contribution is 6.24. The number of nitrogens with zero attached hydrogens (tertiary/aromatic N) is 2. The molecule has 0 atom stereocenters. The third-order valence-electron chi connectivity index (χ3n) is 6.38. The number of hydrogen-bond acceptors (Lipinski definition) is 1. The van der Waals surface area contributed by atoms with Gasteiger partial charge in [-0.15, -0.1) is 0 Å². The molecule has 0 aliphatic heterocycles. The second-order valence-corrected chi connectivity index (χ2v) is 9.19. The summed E-state index contributed by atoms with van der Waals surface area (Å²) in [5.41, 5.74) is 5.85. The van der Waals surface area contributed by atoms with E-state index in [1.807, 2.05) is 0 Å². The van der Waals surface area contributed by atoms with Gasteiger partial charge in [0.05, 0.1) is 11.0 Å². The number of fused-ring (bicyclic) bond motifs is 6. The van der Waals surface area contributed by atoms with E-state index in [9.17, 15) is 0 Å². The van der Waals surface area contributed by atoms with Crippen LogP contribution >= 0.6 is 0 Å². The van der Waals surface area contributed by atoms with Gasteiger partial charge in [0.1, 0.15) is 5.82 Å². The van der Waals surface area contributed by atoms with Gasteiger partial charge < -0.3 is 0 Å². The summed E-state index contributed by atoms with van der Waals surface area (Å²) >= 11 is 0. The molecule has 0 spiro atoms. The van der Waals surface area contributed by atoms with Gasteiger partial charge in [0, 0.05) is 22.0 Å². The quantitative estimate of drug-likeness (QED) is 0.260. The van der Waals surface area contributed by atoms with Crippen LogP contribution in [0.15, 0.2) is 103 Å². The van der Waals surface area contributed by atoms with Crippen LogP contribution in [0.4, 0.5) is 0 Å². The molecule has 0 amide bonds. The molecule has 160 valence electrons. The Morgan fingerprint density at radius 2 is 1.30 bits per heavy atom. The van der Waals surface area contributed by atoms with Crippen molar-refractivity contribution in [3.05, 3.63) is 109 Å². The fourth-order valence-electron chi connectivity index (χ4n) is 5.01. The number of imidazole rings is 1. The van der Waals surface area contributed by atoms with Gasteiger partial charge in [0.2, 0.25) is 0 Å². The Balaban J connectivity index is 1.82. The van der Waals surface area contributed by atoms with E-state index in [0.717, 1.165) is 29.0 Å². The zero-order valence-electron chi connectivity index (χ0n) is 19.0. The van der Waals surface area contributed by atoms with Gasteiger partial charge in [-0.1, -0.05) is 98.8 Å². The molecule has 1 aromatic heterocycles. The van der Waals surface area contributed by atoms with Crippen LogP contribution in [0.5, 0.6) is 0 Å². The van der Waals surface area contributed by atoms with Crippen molar-refractivity contribution in [2.24, 2.45) is 5.92 Å². The smallest absolute Gasteiger partial charge is 0.145 e. The highest BCUT2D eigenvalue weighted by Crippen LogP contribution is 2.39. The van der Waals surface area contributed by atoms with Gasteiger partial charge in [-0.05, 0) is 46.9 Å². The van der Waals surface area contributed by atoms with Gasteiger partial charge >= 0.3 is 0 Å². The van der Waals surface area contributed by atoms with Crippen LogP contribution in [0.3, 0.4) is 0 Å². The average Bonchev–Trinajstić information content (AvgIpc) is 3.26. The van der Waals surface area contributed by atoms with Crippen LogP contribution in [0.2, 0.25) is 0 Å². The summed E-state index contributed by atoms with van der Waals surface area (Å²) in [6.07, 6.45) is 1.06. The van der Waals surface area contributed by atoms with Crippen molar-refractivity contribution in [1.29, 1.82) is 0 Å². The third kappa shape index (κ3) is 3.30. The van der Waals surface area contributed by atoms with Crippen molar-refractivity contribution in [3.8, 4) is 17.1 Å². The topological polar surface area (TPSA) is 17.8 Å². The lowest BCUT2D eigenvalue weighted by atomic mass is 9.95. The molecule has 0 unspecified atom stereocenters. The van der Waals surface area contributed by atoms with Crippen molar-refractivity contribution < 1.29 is 0 Å². The summed E-state index contributed by atoms with van der Waals surface area (Å²) in [6.45, 7) is 4.55. The summed E-state index contributed by atoms with van der Waals surface area (Å²) in [5.74, 6) is 1.59. The van der Waals surface area contributed by atoms with E-state index in [0.29, 0.717) is 5.92 Å². The van der Waals surface area contributed by atoms with Crippen molar-refractivity contribution in [1.82, 2.24) is 9.55 Å². The summed E-state index contributed by atoms with van der Waals surface area (Å²) in [7, 11) is 0. The summed E-state index contributed by atoms with van der Waals surface area (Å²) in [5, 5.41) is 5.00. The van der Waals surface area contributed by atoms with Crippen molar-refractivity contribution in [3.63, 3.8) is 0 Å². The van der Waals surface area contributed by atoms with Gasteiger partial charge in [0.25, 0.3) is 0 Å². The molecule has 33 heavy (non-hydrogen) atoms. The molecule has 0 N–H and O–H groups in total. The maximum atomic E-state index is 5.32. The van der Waals surface area contributed by atoms with Gasteiger partial charge in [0.15, 0.2) is 0 Å². The normalized spacial score (nSPS) is 11.7. The first-order valence-electron chi connectivity index (χ1n) is 11.7. The fourth-order valence-corrected chi connectivity index (χ4v) is 5.01. The Labute approximate surface area is 194 Å². The zero-order valence-corrected chi connectivity index (χ0v) is 19.0. The van der Waals surface area contributed by atoms with E-state index >= 15 is 0 Å². The standard InChI is InChI=1S/C31H26N2/c1-21(2)19-22-17-18-26-25-15-9-10-16-27(25)30-29(28(26)20-22)32-31(23-11-5-3-6-12-23)33(30)24-13-7-4-8-14-24/h3-18,20-21H,19H2,1-2H3. The van der Waals surface area contributed by atoms with E-state index in [2.05, 4.69) is 122 Å². The minimum atomic E-state index is 0.611. The van der Waals surface area contributed by atoms with Crippen LogP contribution in [-0.4, -0.2) is 9.55 Å². The number of hydrogen-bond donors (Lipinski definition) is 0. The lowest BCUT2D eigenvalue weighted by Crippen LogP contribution is -1.98. The summed E-state index contributed by atoms with van der Waals surface area (Å²) < 4.78 is 2.33. The minimum Gasteiger partial charge on any atom is -0.292 e. The van der Waals surface area contributed by atoms with E-state index in [-0.39, 0.29) is 0 Å². The van der Waals surface area contributed by atoms with Crippen LogP contribution in [0.25, 0.3) is 49.7 Å². The zero-order chi connectivity index (χ0) is 22.4. The summed E-state index contributed by atoms with van der Waals surface area (Å²) in [4.78, 5) is 5.32. The Bertz CT molecular complexity index is 1590. The average molecular weight is 427 g/mol. The molecule has 0 aliphatic carbocycles. The van der Waals surface area contributed by atoms with Crippen molar-refractivity contribution in [2.45, 2.75) is 20.3 Å². The van der Waals surface area contributed by atoms with Crippen LogP contribution in [-0.2, 0) is 6.42 Å². The molecule has 2 heteroatoms. The predicted octanol–water partition coefficient (Wildman–Crippen LogP) is 8.20. The highest BCUT2D eigenvalue weighted by Gasteiger charge is 2.20. The van der Waals surface area contributed by atoms with Crippen molar-refractivity contribution in [2.75, 3.05) is 0 Å². The lowest BCUT2D eigenvalue weighted by Gasteiger charge is -2.13. The maximum Gasteiger partial charge on any atom is 0.145 e. The first-order valence-corrected chi connectivity index (χ1v) is 11.7. The number of para-hydroxylation sites is 1. The lowest BCUT2D eigenvalue weighted by molar-refractivity contribution is 0.648. The molecule has 2 nitrogen and oxygen atoms in total. The van der Waals surface area contributed by atoms with Gasteiger partial charge in [-0.25, -0.2) is 4.98 Å². The molecular formula is C31H26N2. The largest absolute Gasteiger partial charge is 0.292 e. The molecule has 6 aromatic rings. The number of benzene rings is 5. The molecular weight excluding hydrogens is 400 g/mol. The molecule has 0 fully saturated rings. The SMILES string of the molecule is CC(C)Cc1ccc2c3ccccc3c3c(nc(-c4ccccc4)n3-c3ccccc3)c2c1. The monoisotopic (exact) mass is 426 g/mol. The number of rotatable bonds is 4. The number of aromatic nitrogens is 2.